The highest BCUT2D eigenvalue weighted by Gasteiger charge is 2.43. The maximum absolute atomic E-state index is 13.1. The molecule has 0 spiro atoms. The number of aryl methyl sites for hydroxylation is 1. The van der Waals surface area contributed by atoms with Gasteiger partial charge in [-0.1, -0.05) is 23.8 Å². The van der Waals surface area contributed by atoms with Crippen molar-refractivity contribution in [3.05, 3.63) is 76.4 Å². The molecule has 7 heteroatoms. The fraction of sp³-hybridized carbons (Fsp3) is 0.200. The van der Waals surface area contributed by atoms with Crippen molar-refractivity contribution in [2.24, 2.45) is 0 Å². The molecule has 1 aliphatic heterocycles. The molecule has 2 aromatic heterocycles. The fourth-order valence-corrected chi connectivity index (χ4v) is 5.09. The summed E-state index contributed by atoms with van der Waals surface area (Å²) in [4.78, 5) is 28.4. The van der Waals surface area contributed by atoms with Gasteiger partial charge in [-0.3, -0.25) is 9.59 Å². The van der Waals surface area contributed by atoms with Crippen LogP contribution in [0, 0.1) is 6.92 Å². The molecule has 1 N–H and O–H groups in total. The topological polar surface area (TPSA) is 62.6 Å². The van der Waals surface area contributed by atoms with E-state index < -0.39 is 6.04 Å². The Kier molecular flexibility index (Phi) is 5.05. The second kappa shape index (κ2) is 7.62. The highest BCUT2D eigenvalue weighted by Crippen LogP contribution is 2.43. The van der Waals surface area contributed by atoms with Crippen molar-refractivity contribution in [1.82, 2.24) is 4.90 Å². The molecule has 138 valence electrons. The van der Waals surface area contributed by atoms with Gasteiger partial charge in [0.25, 0.3) is 5.91 Å². The van der Waals surface area contributed by atoms with Crippen LogP contribution in [-0.4, -0.2) is 28.5 Å². The first-order chi connectivity index (χ1) is 13.1. The van der Waals surface area contributed by atoms with Gasteiger partial charge in [0.2, 0.25) is 5.91 Å². The van der Waals surface area contributed by atoms with Crippen LogP contribution in [0.3, 0.4) is 0 Å². The first-order valence-electron chi connectivity index (χ1n) is 8.51. The Hall–Kier alpha value is -2.51. The standard InChI is InChI=1S/C20H18N2O3S2/c1-13-4-6-15(7-5-13)21-18(23)16-12-27-20(14-8-9-25-11-14)22(16)19(24)17-3-2-10-26-17/h2-11,16,20H,12H2,1H3,(H,21,23). The van der Waals surface area contributed by atoms with E-state index in [1.54, 1.807) is 35.3 Å². The zero-order valence-corrected chi connectivity index (χ0v) is 16.3. The first kappa shape index (κ1) is 17.9. The van der Waals surface area contributed by atoms with E-state index in [9.17, 15) is 9.59 Å². The fourth-order valence-electron chi connectivity index (χ4n) is 3.02. The molecule has 1 aliphatic rings. The minimum absolute atomic E-state index is 0.134. The van der Waals surface area contributed by atoms with E-state index in [1.165, 1.54) is 11.3 Å². The number of hydrogen-bond acceptors (Lipinski definition) is 5. The summed E-state index contributed by atoms with van der Waals surface area (Å²) < 4.78 is 5.20. The molecule has 0 radical (unpaired) electrons. The molecule has 5 nitrogen and oxygen atoms in total. The number of thioether (sulfide) groups is 1. The number of benzene rings is 1. The third-order valence-corrected chi connectivity index (χ3v) is 6.60. The average Bonchev–Trinajstić information content (AvgIpc) is 3.42. The third-order valence-electron chi connectivity index (χ3n) is 4.42. The van der Waals surface area contributed by atoms with E-state index in [1.807, 2.05) is 48.7 Å². The minimum Gasteiger partial charge on any atom is -0.472 e. The predicted molar refractivity (Wildman–Crippen MR) is 108 cm³/mol. The molecule has 1 fully saturated rings. The zero-order chi connectivity index (χ0) is 18.8. The number of carbonyl (C=O) groups excluding carboxylic acids is 2. The van der Waals surface area contributed by atoms with Crippen LogP contribution in [0.15, 0.2) is 64.8 Å². The molecule has 1 saturated heterocycles. The average molecular weight is 399 g/mol. The molecule has 0 bridgehead atoms. The number of carbonyl (C=O) groups is 2. The van der Waals surface area contributed by atoms with Gasteiger partial charge in [-0.2, -0.15) is 0 Å². The molecular weight excluding hydrogens is 380 g/mol. The van der Waals surface area contributed by atoms with Gasteiger partial charge in [0.1, 0.15) is 11.4 Å². The second-order valence-corrected chi connectivity index (χ2v) is 8.36. The van der Waals surface area contributed by atoms with Crippen LogP contribution in [0.25, 0.3) is 0 Å². The molecule has 2 atom stereocenters. The van der Waals surface area contributed by atoms with Crippen LogP contribution >= 0.6 is 23.1 Å². The first-order valence-corrected chi connectivity index (χ1v) is 10.4. The summed E-state index contributed by atoms with van der Waals surface area (Å²) in [5.41, 5.74) is 2.74. The normalized spacial score (nSPS) is 19.2. The highest BCUT2D eigenvalue weighted by atomic mass is 32.2. The van der Waals surface area contributed by atoms with Crippen molar-refractivity contribution >= 4 is 40.6 Å². The van der Waals surface area contributed by atoms with Crippen molar-refractivity contribution in [2.75, 3.05) is 11.1 Å². The number of anilines is 1. The summed E-state index contributed by atoms with van der Waals surface area (Å²) in [5.74, 6) is 0.220. The largest absolute Gasteiger partial charge is 0.472 e. The summed E-state index contributed by atoms with van der Waals surface area (Å²) in [6, 6.07) is 12.6. The Morgan fingerprint density at radius 3 is 2.67 bits per heavy atom. The third kappa shape index (κ3) is 3.65. The zero-order valence-electron chi connectivity index (χ0n) is 14.6. The Morgan fingerprint density at radius 2 is 2.00 bits per heavy atom. The molecule has 3 heterocycles. The SMILES string of the molecule is Cc1ccc(NC(=O)C2CSC(c3ccoc3)N2C(=O)c2cccs2)cc1. The van der Waals surface area contributed by atoms with Gasteiger partial charge in [0.15, 0.2) is 0 Å². The van der Waals surface area contributed by atoms with Gasteiger partial charge in [-0.05, 0) is 36.6 Å². The van der Waals surface area contributed by atoms with Crippen molar-refractivity contribution in [3.8, 4) is 0 Å². The Bertz CT molecular complexity index is 921. The van der Waals surface area contributed by atoms with Crippen LogP contribution in [0.1, 0.15) is 26.2 Å². The van der Waals surface area contributed by atoms with Crippen LogP contribution in [0.4, 0.5) is 5.69 Å². The monoisotopic (exact) mass is 398 g/mol. The Morgan fingerprint density at radius 1 is 1.19 bits per heavy atom. The Balaban J connectivity index is 1.61. The molecule has 3 aromatic rings. The van der Waals surface area contributed by atoms with Gasteiger partial charge in [-0.15, -0.1) is 23.1 Å². The summed E-state index contributed by atoms with van der Waals surface area (Å²) in [7, 11) is 0. The molecule has 0 saturated carbocycles. The van der Waals surface area contributed by atoms with Crippen molar-refractivity contribution in [2.45, 2.75) is 18.3 Å². The lowest BCUT2D eigenvalue weighted by Crippen LogP contribution is -2.45. The van der Waals surface area contributed by atoms with E-state index in [4.69, 9.17) is 4.42 Å². The summed E-state index contributed by atoms with van der Waals surface area (Å²) in [5, 5.41) is 4.56. The molecule has 4 rings (SSSR count). The Labute approximate surface area is 165 Å². The van der Waals surface area contributed by atoms with Gasteiger partial charge in [0, 0.05) is 17.0 Å². The number of furan rings is 1. The number of nitrogens with one attached hydrogen (secondary N) is 1. The summed E-state index contributed by atoms with van der Waals surface area (Å²) in [6.45, 7) is 2.00. The van der Waals surface area contributed by atoms with Crippen molar-refractivity contribution in [3.63, 3.8) is 0 Å². The van der Waals surface area contributed by atoms with E-state index in [-0.39, 0.29) is 17.2 Å². The smallest absolute Gasteiger partial charge is 0.265 e. The van der Waals surface area contributed by atoms with Gasteiger partial charge < -0.3 is 14.6 Å². The van der Waals surface area contributed by atoms with Crippen molar-refractivity contribution in [1.29, 1.82) is 0 Å². The lowest BCUT2D eigenvalue weighted by atomic mass is 10.2. The molecular formula is C20H18N2O3S2. The van der Waals surface area contributed by atoms with Crippen LogP contribution in [0.5, 0.6) is 0 Å². The lowest BCUT2D eigenvalue weighted by Gasteiger charge is -2.28. The van der Waals surface area contributed by atoms with Crippen molar-refractivity contribution < 1.29 is 14.0 Å². The molecule has 2 unspecified atom stereocenters. The number of thiophene rings is 1. The maximum atomic E-state index is 13.1. The van der Waals surface area contributed by atoms with E-state index in [0.29, 0.717) is 10.6 Å². The second-order valence-electron chi connectivity index (χ2n) is 6.30. The summed E-state index contributed by atoms with van der Waals surface area (Å²) >= 11 is 2.95. The van der Waals surface area contributed by atoms with Gasteiger partial charge in [0.05, 0.1) is 17.4 Å². The predicted octanol–water partition coefficient (Wildman–Crippen LogP) is 4.54. The quantitative estimate of drug-likeness (QED) is 0.701. The van der Waals surface area contributed by atoms with Gasteiger partial charge >= 0.3 is 0 Å². The van der Waals surface area contributed by atoms with Crippen LogP contribution < -0.4 is 5.32 Å². The molecule has 1 aromatic carbocycles. The summed E-state index contributed by atoms with van der Waals surface area (Å²) in [6.07, 6.45) is 3.22. The molecule has 27 heavy (non-hydrogen) atoms. The van der Waals surface area contributed by atoms with Crippen LogP contribution in [0.2, 0.25) is 0 Å². The highest BCUT2D eigenvalue weighted by molar-refractivity contribution is 7.99. The maximum Gasteiger partial charge on any atom is 0.265 e. The minimum atomic E-state index is -0.550. The van der Waals surface area contributed by atoms with E-state index >= 15 is 0 Å². The molecule has 2 amide bonds. The number of rotatable bonds is 4. The number of nitrogens with zero attached hydrogens (tertiary/aromatic N) is 1. The van der Waals surface area contributed by atoms with Crippen LogP contribution in [-0.2, 0) is 4.79 Å². The lowest BCUT2D eigenvalue weighted by molar-refractivity contribution is -0.119. The van der Waals surface area contributed by atoms with E-state index in [2.05, 4.69) is 5.32 Å². The van der Waals surface area contributed by atoms with Gasteiger partial charge in [-0.25, -0.2) is 0 Å². The molecule has 0 aliphatic carbocycles. The number of hydrogen-bond donors (Lipinski definition) is 1. The van der Waals surface area contributed by atoms with E-state index in [0.717, 1.165) is 16.8 Å². The number of amides is 2.